The van der Waals surface area contributed by atoms with Crippen LogP contribution in [0.25, 0.3) is 0 Å². The van der Waals surface area contributed by atoms with E-state index in [4.69, 9.17) is 5.73 Å². The summed E-state index contributed by atoms with van der Waals surface area (Å²) < 4.78 is 0. The van der Waals surface area contributed by atoms with Crippen molar-refractivity contribution in [3.05, 3.63) is 0 Å². The van der Waals surface area contributed by atoms with Crippen molar-refractivity contribution in [2.45, 2.75) is 18.9 Å². The molecule has 0 aromatic heterocycles. The summed E-state index contributed by atoms with van der Waals surface area (Å²) in [6.45, 7) is 4.11. The fourth-order valence-electron chi connectivity index (χ4n) is 1.58. The Labute approximate surface area is 73.1 Å². The molecule has 0 aromatic rings. The minimum Gasteiger partial charge on any atom is -0.343 e. The van der Waals surface area contributed by atoms with Gasteiger partial charge in [0.1, 0.15) is 0 Å². The average Bonchev–Trinajstić information content (AvgIpc) is 2.01. The number of likely N-dealkylation sites (N-methyl/N-ethyl adjacent to an activating group) is 1. The first-order valence-electron chi connectivity index (χ1n) is 4.31. The number of amides is 1. The van der Waals surface area contributed by atoms with Crippen LogP contribution in [-0.2, 0) is 4.79 Å². The zero-order chi connectivity index (χ0) is 9.19. The van der Waals surface area contributed by atoms with E-state index in [0.717, 1.165) is 13.1 Å². The van der Waals surface area contributed by atoms with E-state index in [1.165, 1.54) is 0 Å². The summed E-state index contributed by atoms with van der Waals surface area (Å²) in [4.78, 5) is 13.4. The molecule has 0 spiro atoms. The SMILES string of the molecule is CN1CCNC(C)(CCN)C1=O. The monoisotopic (exact) mass is 171 g/mol. The summed E-state index contributed by atoms with van der Waals surface area (Å²) >= 11 is 0. The lowest BCUT2D eigenvalue weighted by Crippen LogP contribution is -2.62. The normalized spacial score (nSPS) is 30.9. The number of hydrogen-bond acceptors (Lipinski definition) is 3. The van der Waals surface area contributed by atoms with Crippen molar-refractivity contribution in [2.75, 3.05) is 26.7 Å². The molecule has 1 unspecified atom stereocenters. The molecule has 1 aliphatic heterocycles. The predicted molar refractivity (Wildman–Crippen MR) is 47.7 cm³/mol. The lowest BCUT2D eigenvalue weighted by molar-refractivity contribution is -0.139. The standard InChI is InChI=1S/C8H17N3O/c1-8(3-4-9)7(12)11(2)6-5-10-8/h10H,3-6,9H2,1-2H3. The first-order chi connectivity index (χ1) is 5.60. The fourth-order valence-corrected chi connectivity index (χ4v) is 1.58. The number of rotatable bonds is 2. The molecule has 70 valence electrons. The van der Waals surface area contributed by atoms with Crippen molar-refractivity contribution in [1.82, 2.24) is 10.2 Å². The Balaban J connectivity index is 2.67. The maximum Gasteiger partial charge on any atom is 0.242 e. The van der Waals surface area contributed by atoms with Gasteiger partial charge in [0, 0.05) is 20.1 Å². The number of carbonyl (C=O) groups excluding carboxylic acids is 1. The molecule has 12 heavy (non-hydrogen) atoms. The second kappa shape index (κ2) is 3.41. The molecule has 0 aliphatic carbocycles. The number of piperazine rings is 1. The Hall–Kier alpha value is -0.610. The van der Waals surface area contributed by atoms with Gasteiger partial charge in [0.15, 0.2) is 0 Å². The molecule has 0 radical (unpaired) electrons. The van der Waals surface area contributed by atoms with E-state index >= 15 is 0 Å². The van der Waals surface area contributed by atoms with Crippen LogP contribution in [0.4, 0.5) is 0 Å². The maximum absolute atomic E-state index is 11.6. The summed E-state index contributed by atoms with van der Waals surface area (Å²) in [6.07, 6.45) is 0.705. The summed E-state index contributed by atoms with van der Waals surface area (Å²) in [5, 5.41) is 3.21. The quantitative estimate of drug-likeness (QED) is 0.569. The summed E-state index contributed by atoms with van der Waals surface area (Å²) in [7, 11) is 1.83. The highest BCUT2D eigenvalue weighted by molar-refractivity contribution is 5.86. The van der Waals surface area contributed by atoms with Crippen LogP contribution in [0.15, 0.2) is 0 Å². The highest BCUT2D eigenvalue weighted by Gasteiger charge is 2.36. The first-order valence-corrected chi connectivity index (χ1v) is 4.31. The molecule has 4 heteroatoms. The van der Waals surface area contributed by atoms with Crippen LogP contribution in [0.1, 0.15) is 13.3 Å². The molecule has 1 aliphatic rings. The lowest BCUT2D eigenvalue weighted by atomic mass is 9.94. The average molecular weight is 171 g/mol. The molecule has 0 aromatic carbocycles. The number of hydrogen-bond donors (Lipinski definition) is 2. The topological polar surface area (TPSA) is 58.4 Å². The molecule has 1 saturated heterocycles. The van der Waals surface area contributed by atoms with Crippen LogP contribution < -0.4 is 11.1 Å². The van der Waals surface area contributed by atoms with Gasteiger partial charge in [-0.05, 0) is 19.9 Å². The summed E-state index contributed by atoms with van der Waals surface area (Å²) in [5.41, 5.74) is 5.01. The number of carbonyl (C=O) groups is 1. The Morgan fingerprint density at radius 2 is 2.42 bits per heavy atom. The van der Waals surface area contributed by atoms with Gasteiger partial charge in [0.05, 0.1) is 5.54 Å². The Morgan fingerprint density at radius 1 is 1.75 bits per heavy atom. The van der Waals surface area contributed by atoms with E-state index in [1.807, 2.05) is 14.0 Å². The molecular weight excluding hydrogens is 154 g/mol. The molecule has 3 N–H and O–H groups in total. The largest absolute Gasteiger partial charge is 0.343 e. The summed E-state index contributed by atoms with van der Waals surface area (Å²) in [5.74, 6) is 0.152. The van der Waals surface area contributed by atoms with Crippen LogP contribution >= 0.6 is 0 Å². The smallest absolute Gasteiger partial charge is 0.242 e. The minimum absolute atomic E-state index is 0.152. The molecule has 0 bridgehead atoms. The molecule has 4 nitrogen and oxygen atoms in total. The lowest BCUT2D eigenvalue weighted by Gasteiger charge is -2.38. The van der Waals surface area contributed by atoms with Crippen LogP contribution in [0, 0.1) is 0 Å². The van der Waals surface area contributed by atoms with Crippen molar-refractivity contribution in [3.8, 4) is 0 Å². The van der Waals surface area contributed by atoms with E-state index in [1.54, 1.807) is 4.90 Å². The third kappa shape index (κ3) is 1.59. The van der Waals surface area contributed by atoms with Gasteiger partial charge in [-0.2, -0.15) is 0 Å². The van der Waals surface area contributed by atoms with E-state index < -0.39 is 5.54 Å². The third-order valence-electron chi connectivity index (χ3n) is 2.43. The second-order valence-electron chi connectivity index (χ2n) is 3.52. The molecule has 1 amide bonds. The van der Waals surface area contributed by atoms with Crippen molar-refractivity contribution in [1.29, 1.82) is 0 Å². The van der Waals surface area contributed by atoms with Crippen LogP contribution in [0.5, 0.6) is 0 Å². The van der Waals surface area contributed by atoms with Crippen molar-refractivity contribution >= 4 is 5.91 Å². The summed E-state index contributed by atoms with van der Waals surface area (Å²) in [6, 6.07) is 0. The van der Waals surface area contributed by atoms with Gasteiger partial charge in [0.25, 0.3) is 0 Å². The van der Waals surface area contributed by atoms with Gasteiger partial charge in [0.2, 0.25) is 5.91 Å². The van der Waals surface area contributed by atoms with Gasteiger partial charge >= 0.3 is 0 Å². The van der Waals surface area contributed by atoms with E-state index in [9.17, 15) is 4.79 Å². The minimum atomic E-state index is -0.429. The highest BCUT2D eigenvalue weighted by Crippen LogP contribution is 2.15. The van der Waals surface area contributed by atoms with Crippen molar-refractivity contribution in [3.63, 3.8) is 0 Å². The van der Waals surface area contributed by atoms with Gasteiger partial charge in [-0.25, -0.2) is 0 Å². The number of nitrogens with one attached hydrogen (secondary N) is 1. The molecular formula is C8H17N3O. The van der Waals surface area contributed by atoms with Gasteiger partial charge in [-0.15, -0.1) is 0 Å². The molecule has 0 saturated carbocycles. The van der Waals surface area contributed by atoms with Gasteiger partial charge in [-0.1, -0.05) is 0 Å². The van der Waals surface area contributed by atoms with E-state index in [2.05, 4.69) is 5.32 Å². The van der Waals surface area contributed by atoms with E-state index in [-0.39, 0.29) is 5.91 Å². The Kier molecular flexibility index (Phi) is 2.69. The zero-order valence-electron chi connectivity index (χ0n) is 7.76. The van der Waals surface area contributed by atoms with E-state index in [0.29, 0.717) is 13.0 Å². The fraction of sp³-hybridized carbons (Fsp3) is 0.875. The number of nitrogens with two attached hydrogens (primary N) is 1. The Bertz CT molecular complexity index is 179. The van der Waals surface area contributed by atoms with Crippen LogP contribution in [0.2, 0.25) is 0 Å². The second-order valence-corrected chi connectivity index (χ2v) is 3.52. The maximum atomic E-state index is 11.6. The Morgan fingerprint density at radius 3 is 3.00 bits per heavy atom. The zero-order valence-corrected chi connectivity index (χ0v) is 7.76. The van der Waals surface area contributed by atoms with Crippen molar-refractivity contribution in [2.24, 2.45) is 5.73 Å². The highest BCUT2D eigenvalue weighted by atomic mass is 16.2. The molecule has 1 fully saturated rings. The van der Waals surface area contributed by atoms with Gasteiger partial charge in [-0.3, -0.25) is 4.79 Å². The molecule has 1 heterocycles. The molecule has 1 rings (SSSR count). The van der Waals surface area contributed by atoms with Crippen molar-refractivity contribution < 1.29 is 4.79 Å². The van der Waals surface area contributed by atoms with Gasteiger partial charge < -0.3 is 16.0 Å². The third-order valence-corrected chi connectivity index (χ3v) is 2.43. The first kappa shape index (κ1) is 9.48. The number of nitrogens with zero attached hydrogens (tertiary/aromatic N) is 1. The van der Waals surface area contributed by atoms with Crippen LogP contribution in [0.3, 0.4) is 0 Å². The predicted octanol–water partition coefficient (Wildman–Crippen LogP) is -0.844. The molecule has 1 atom stereocenters. The van der Waals surface area contributed by atoms with Crippen LogP contribution in [-0.4, -0.2) is 43.0 Å².